The highest BCUT2D eigenvalue weighted by Crippen LogP contribution is 2.55. The van der Waals surface area contributed by atoms with Crippen LogP contribution in [0.5, 0.6) is 0 Å². The number of rotatable bonds is 8. The number of halogens is 4. The Morgan fingerprint density at radius 1 is 0.205 bits per heavy atom. The second-order valence-electron chi connectivity index (χ2n) is 28.5. The van der Waals surface area contributed by atoms with Gasteiger partial charge in [-0.1, -0.05) is 273 Å². The molecule has 112 heavy (non-hydrogen) atoms. The highest BCUT2D eigenvalue weighted by molar-refractivity contribution is 6.24. The Morgan fingerprint density at radius 2 is 0.518 bits per heavy atom. The van der Waals surface area contributed by atoms with Gasteiger partial charge in [0.2, 0.25) is 0 Å². The number of para-hydroxylation sites is 4. The molecule has 526 valence electrons. The van der Waals surface area contributed by atoms with Crippen molar-refractivity contribution in [2.75, 3.05) is 0 Å². The van der Waals surface area contributed by atoms with Gasteiger partial charge in [0.1, 0.15) is 11.3 Å². The highest BCUT2D eigenvalue weighted by Gasteiger charge is 2.46. The lowest BCUT2D eigenvalue weighted by atomic mass is 9.95. The van der Waals surface area contributed by atoms with Crippen LogP contribution in [0.2, 0.25) is 0 Å². The molecular weight excluding hydrogens is 1390 g/mol. The second kappa shape index (κ2) is 24.9. The van der Waals surface area contributed by atoms with Crippen LogP contribution in [0, 0.1) is 0 Å². The van der Waals surface area contributed by atoms with Crippen molar-refractivity contribution in [2.24, 2.45) is 0 Å². The van der Waals surface area contributed by atoms with Gasteiger partial charge in [0, 0.05) is 82.6 Å². The van der Waals surface area contributed by atoms with Gasteiger partial charge < -0.3 is 0 Å². The third-order valence-electron chi connectivity index (χ3n) is 22.1. The third kappa shape index (κ3) is 10.2. The number of hydrogen-bond acceptors (Lipinski definition) is 8. The first-order valence-electron chi connectivity index (χ1n) is 37.0. The van der Waals surface area contributed by atoms with E-state index in [1.165, 1.54) is 6.07 Å². The summed E-state index contributed by atoms with van der Waals surface area (Å²) in [5.41, 5.74) is 16.7. The summed E-state index contributed by atoms with van der Waals surface area (Å²) in [6.07, 6.45) is 0. The maximum Gasteiger partial charge on any atom is 0.299 e. The Bertz CT molecular complexity index is 7400. The zero-order chi connectivity index (χ0) is 74.5. The number of hydrogen-bond donors (Lipinski definition) is 0. The Kier molecular flexibility index (Phi) is 14.3. The van der Waals surface area contributed by atoms with Gasteiger partial charge in [-0.25, -0.2) is 39.9 Å². The van der Waals surface area contributed by atoms with Gasteiger partial charge in [-0.15, -0.1) is 0 Å². The van der Waals surface area contributed by atoms with Crippen LogP contribution >= 0.6 is 0 Å². The van der Waals surface area contributed by atoms with Crippen LogP contribution < -0.4 is 0 Å². The van der Waals surface area contributed by atoms with E-state index in [9.17, 15) is 0 Å². The lowest BCUT2D eigenvalue weighted by molar-refractivity contribution is 0.0475. The summed E-state index contributed by atoms with van der Waals surface area (Å²) in [6, 6.07) is 109. The van der Waals surface area contributed by atoms with Gasteiger partial charge in [0.15, 0.2) is 34.9 Å². The number of imidazole rings is 2. The molecule has 10 nitrogen and oxygen atoms in total. The molecule has 21 aromatic rings. The molecule has 2 aliphatic rings. The normalized spacial score (nSPS) is 13.1. The summed E-state index contributed by atoms with van der Waals surface area (Å²) >= 11 is 0. The topological polar surface area (TPSA) is 112 Å². The maximum atomic E-state index is 16.9. The molecule has 0 fully saturated rings. The summed E-state index contributed by atoms with van der Waals surface area (Å²) in [7, 11) is 0. The van der Waals surface area contributed by atoms with Gasteiger partial charge in [-0.05, 0) is 127 Å². The van der Waals surface area contributed by atoms with E-state index in [0.717, 1.165) is 121 Å². The fourth-order valence-corrected chi connectivity index (χ4v) is 16.8. The minimum absolute atomic E-state index is 0.0189. The molecule has 0 spiro atoms. The van der Waals surface area contributed by atoms with Crippen LogP contribution in [-0.2, 0) is 11.8 Å². The quantitative estimate of drug-likeness (QED) is 0.109. The van der Waals surface area contributed by atoms with E-state index in [-0.39, 0.29) is 22.3 Å². The molecule has 0 saturated heterocycles. The highest BCUT2D eigenvalue weighted by atomic mass is 19.3. The minimum Gasteiger partial charge on any atom is -0.292 e. The van der Waals surface area contributed by atoms with Gasteiger partial charge >= 0.3 is 0 Å². The largest absolute Gasteiger partial charge is 0.299 e. The van der Waals surface area contributed by atoms with Crippen molar-refractivity contribution < 1.29 is 17.6 Å². The van der Waals surface area contributed by atoms with E-state index in [4.69, 9.17) is 39.9 Å². The Hall–Kier alpha value is -14.8. The van der Waals surface area contributed by atoms with Crippen LogP contribution in [0.4, 0.5) is 17.6 Å². The molecule has 0 radical (unpaired) electrons. The van der Waals surface area contributed by atoms with E-state index in [1.807, 2.05) is 218 Å². The number of benzene rings is 15. The molecule has 15 aromatic carbocycles. The Morgan fingerprint density at radius 3 is 0.964 bits per heavy atom. The van der Waals surface area contributed by atoms with Gasteiger partial charge in [-0.2, -0.15) is 17.6 Å². The summed E-state index contributed by atoms with van der Waals surface area (Å²) in [5, 5.41) is 8.78. The molecule has 6 aromatic heterocycles. The molecule has 0 unspecified atom stereocenters. The lowest BCUT2D eigenvalue weighted by Crippen LogP contribution is -2.11. The van der Waals surface area contributed by atoms with E-state index >= 15 is 17.6 Å². The van der Waals surface area contributed by atoms with E-state index < -0.39 is 11.8 Å². The van der Waals surface area contributed by atoms with Gasteiger partial charge in [-0.3, -0.25) is 8.80 Å². The molecular formula is C98H56F4N10. The molecule has 0 N–H and O–H groups in total. The monoisotopic (exact) mass is 1450 g/mol. The SMILES string of the molecule is FC1(F)c2cc(-c3ccc4c5c6ccccc6ccc5c5nc6ccccc6n5c4c3)ccc2-c2ccc(-c3nc(-c4ccccc4)nc(-c4ccccc4)n3)cc21.FC1(F)c2cc(-c3ccc4c5ccccc5c5nc6ccccc6n5c4c3)ccc2-c2ccc(-c3nc(-c4ccccc4)nc(-c4ccccc4)n3)cc21. The summed E-state index contributed by atoms with van der Waals surface area (Å²) < 4.78 is 71.5. The van der Waals surface area contributed by atoms with Crippen molar-refractivity contribution in [3.05, 3.63) is 362 Å². The Balaban J connectivity index is 0.000000138. The van der Waals surface area contributed by atoms with Crippen molar-refractivity contribution >= 4 is 87.5 Å². The second-order valence-corrected chi connectivity index (χ2v) is 28.5. The van der Waals surface area contributed by atoms with Crippen molar-refractivity contribution in [1.82, 2.24) is 48.7 Å². The average Bonchev–Trinajstić information content (AvgIpc) is 1.46. The number of nitrogens with zero attached hydrogens (tertiary/aromatic N) is 10. The fraction of sp³-hybridized carbons (Fsp3) is 0.0204. The Labute approximate surface area is 636 Å². The van der Waals surface area contributed by atoms with E-state index in [0.29, 0.717) is 79.5 Å². The van der Waals surface area contributed by atoms with Crippen LogP contribution in [0.15, 0.2) is 340 Å². The van der Waals surface area contributed by atoms with Crippen LogP contribution in [-0.4, -0.2) is 48.7 Å². The number of alkyl halides is 4. The fourth-order valence-electron chi connectivity index (χ4n) is 16.8. The number of fused-ring (bicyclic) bond motifs is 24. The average molecular weight is 1450 g/mol. The van der Waals surface area contributed by atoms with Crippen LogP contribution in [0.1, 0.15) is 22.3 Å². The van der Waals surface area contributed by atoms with Crippen LogP contribution in [0.25, 0.3) is 200 Å². The standard InChI is InChI=1S/C51H29F2N5.C47H27F2N5/c52-51(53)41-27-33(34-21-25-39-45(29-34)58-44-18-10-9-17-43(44)54-50(58)40-26-19-30-11-7-8-16-36(30)46(39)40)20-23-37(41)38-24-22-35(28-42(38)51)49-56-47(31-12-3-1-4-13-31)55-48(57-49)32-14-5-2-6-15-32;48-47(49)38-25-30(31-20-24-36-33-15-7-8-16-37(33)46-50-40-17-9-10-18-41(40)54(46)42(36)27-31)19-22-34(38)35-23-21-32(26-39(35)47)45-52-43(28-11-3-1-4-12-28)51-44(53-45)29-13-5-2-6-14-29/h1-29H;1-27H. The first-order valence-corrected chi connectivity index (χ1v) is 37.0. The molecule has 14 heteroatoms. The molecule has 6 heterocycles. The van der Waals surface area contributed by atoms with Crippen molar-refractivity contribution in [1.29, 1.82) is 0 Å². The summed E-state index contributed by atoms with van der Waals surface area (Å²) in [6.45, 7) is 0. The van der Waals surface area contributed by atoms with Crippen molar-refractivity contribution in [3.63, 3.8) is 0 Å². The van der Waals surface area contributed by atoms with E-state index in [1.54, 1.807) is 30.3 Å². The molecule has 2 aliphatic carbocycles. The predicted octanol–water partition coefficient (Wildman–Crippen LogP) is 24.7. The smallest absolute Gasteiger partial charge is 0.292 e. The van der Waals surface area contributed by atoms with Crippen molar-refractivity contribution in [2.45, 2.75) is 11.8 Å². The van der Waals surface area contributed by atoms with Gasteiger partial charge in [0.25, 0.3) is 11.8 Å². The van der Waals surface area contributed by atoms with Crippen molar-refractivity contribution in [3.8, 4) is 113 Å². The van der Waals surface area contributed by atoms with E-state index in [2.05, 4.69) is 93.7 Å². The minimum atomic E-state index is -3.26. The molecule has 0 atom stereocenters. The van der Waals surface area contributed by atoms with Gasteiger partial charge in [0.05, 0.1) is 33.1 Å². The third-order valence-corrected chi connectivity index (χ3v) is 22.1. The molecule has 0 bridgehead atoms. The van der Waals surface area contributed by atoms with Crippen LogP contribution in [0.3, 0.4) is 0 Å². The first kappa shape index (κ1) is 64.4. The molecule has 23 rings (SSSR count). The maximum absolute atomic E-state index is 16.9. The first-order chi connectivity index (χ1) is 55.0. The number of aromatic nitrogens is 10. The molecule has 0 aliphatic heterocycles. The lowest BCUT2D eigenvalue weighted by Gasteiger charge is -2.15. The molecule has 0 amide bonds. The molecule has 0 saturated carbocycles. The zero-order valence-corrected chi connectivity index (χ0v) is 59.3. The number of pyridine rings is 2. The zero-order valence-electron chi connectivity index (χ0n) is 59.3. The predicted molar refractivity (Wildman–Crippen MR) is 440 cm³/mol. The summed E-state index contributed by atoms with van der Waals surface area (Å²) in [5.74, 6) is -3.93. The summed E-state index contributed by atoms with van der Waals surface area (Å²) in [4.78, 5) is 38.8.